The molecule has 0 saturated carbocycles. The topological polar surface area (TPSA) is 131 Å². The zero-order chi connectivity index (χ0) is 11.5. The van der Waals surface area contributed by atoms with Crippen molar-refractivity contribution in [3.8, 4) is 5.88 Å². The number of imidazole rings is 1. The Morgan fingerprint density at radius 1 is 1.62 bits per heavy atom. The van der Waals surface area contributed by atoms with Gasteiger partial charge in [0.25, 0.3) is 11.5 Å². The van der Waals surface area contributed by atoms with Crippen molar-refractivity contribution >= 4 is 17.1 Å². The summed E-state index contributed by atoms with van der Waals surface area (Å²) in [6, 6.07) is 0. The molecule has 0 aliphatic heterocycles. The van der Waals surface area contributed by atoms with Crippen molar-refractivity contribution in [3.05, 3.63) is 6.33 Å². The molecule has 2 heterocycles. The fourth-order valence-electron chi connectivity index (χ4n) is 1.20. The summed E-state index contributed by atoms with van der Waals surface area (Å²) in [6.07, 6.45) is 0.515. The van der Waals surface area contributed by atoms with Gasteiger partial charge in [0, 0.05) is 0 Å². The minimum Gasteiger partial charge on any atom is -0.463 e. The van der Waals surface area contributed by atoms with E-state index in [1.54, 1.807) is 0 Å². The first-order valence-corrected chi connectivity index (χ1v) is 4.64. The monoisotopic (exact) mass is 226 g/mol. The molecule has 2 aromatic heterocycles. The predicted molar refractivity (Wildman–Crippen MR) is 53.4 cm³/mol. The smallest absolute Gasteiger partial charge is 0.392 e. The Morgan fingerprint density at radius 3 is 3.19 bits per heavy atom. The van der Waals surface area contributed by atoms with E-state index < -0.39 is 6.10 Å². The maximum absolute atomic E-state index is 9.15. The number of nitrogens with zero attached hydrogens (tertiary/aromatic N) is 2. The van der Waals surface area contributed by atoms with E-state index in [4.69, 9.17) is 20.7 Å². The van der Waals surface area contributed by atoms with E-state index in [9.17, 15) is 0 Å². The largest absolute Gasteiger partial charge is 0.463 e. The van der Waals surface area contributed by atoms with Gasteiger partial charge in [-0.25, -0.2) is 9.97 Å². The molecule has 0 aliphatic carbocycles. The maximum Gasteiger partial charge on any atom is 0.392 e. The number of nitrogens with two attached hydrogens (primary N) is 1. The molecule has 86 valence electrons. The molecular formula is C8H12N5O3+. The Kier molecular flexibility index (Phi) is 2.84. The minimum atomic E-state index is -0.944. The normalized spacial score (nSPS) is 12.9. The van der Waals surface area contributed by atoms with Gasteiger partial charge in [0.2, 0.25) is 0 Å². The van der Waals surface area contributed by atoms with E-state index in [-0.39, 0.29) is 19.2 Å². The summed E-state index contributed by atoms with van der Waals surface area (Å²) in [4.78, 5) is 13.4. The number of aliphatic hydroxyl groups is 2. The molecule has 0 spiro atoms. The average Bonchev–Trinajstić information content (AvgIpc) is 2.73. The molecule has 2 rings (SSSR count). The summed E-state index contributed by atoms with van der Waals surface area (Å²) in [6.45, 7) is -0.419. The third kappa shape index (κ3) is 2.02. The molecule has 8 nitrogen and oxygen atoms in total. The Balaban J connectivity index is 2.25. The second-order valence-corrected chi connectivity index (χ2v) is 3.20. The van der Waals surface area contributed by atoms with Gasteiger partial charge in [-0.1, -0.05) is 0 Å². The number of rotatable bonds is 4. The number of nitrogens with one attached hydrogen (secondary N) is 2. The van der Waals surface area contributed by atoms with Crippen molar-refractivity contribution in [2.24, 2.45) is 0 Å². The summed E-state index contributed by atoms with van der Waals surface area (Å²) in [5.74, 6) is 0.487. The van der Waals surface area contributed by atoms with E-state index in [1.165, 1.54) is 6.33 Å². The zero-order valence-corrected chi connectivity index (χ0v) is 8.34. The molecule has 0 amide bonds. The first kappa shape index (κ1) is 10.6. The highest BCUT2D eigenvalue weighted by molar-refractivity contribution is 5.74. The SMILES string of the molecule is Nc1nc2nc[nH]c2c(OCC(O)CO)[nH+]1. The molecule has 0 saturated heterocycles. The van der Waals surface area contributed by atoms with Crippen molar-refractivity contribution in [1.82, 2.24) is 15.0 Å². The molecule has 0 radical (unpaired) electrons. The number of fused-ring (bicyclic) bond motifs is 1. The molecule has 2 aromatic rings. The molecule has 6 N–H and O–H groups in total. The Labute approximate surface area is 90.1 Å². The zero-order valence-electron chi connectivity index (χ0n) is 8.34. The lowest BCUT2D eigenvalue weighted by atomic mass is 10.4. The van der Waals surface area contributed by atoms with Crippen molar-refractivity contribution in [1.29, 1.82) is 0 Å². The summed E-state index contributed by atoms with van der Waals surface area (Å²) < 4.78 is 5.25. The first-order valence-electron chi connectivity index (χ1n) is 4.64. The second-order valence-electron chi connectivity index (χ2n) is 3.20. The number of anilines is 1. The van der Waals surface area contributed by atoms with Gasteiger partial charge in [-0.15, -0.1) is 0 Å². The van der Waals surface area contributed by atoms with Gasteiger partial charge in [0.15, 0.2) is 5.52 Å². The third-order valence-electron chi connectivity index (χ3n) is 1.95. The van der Waals surface area contributed by atoms with Crippen LogP contribution in [0.15, 0.2) is 6.33 Å². The highest BCUT2D eigenvalue weighted by Gasteiger charge is 2.15. The van der Waals surface area contributed by atoms with E-state index in [0.717, 1.165) is 0 Å². The van der Waals surface area contributed by atoms with E-state index >= 15 is 0 Å². The van der Waals surface area contributed by atoms with Crippen molar-refractivity contribution in [3.63, 3.8) is 0 Å². The van der Waals surface area contributed by atoms with Crippen LogP contribution in [-0.4, -0.2) is 44.5 Å². The van der Waals surface area contributed by atoms with Gasteiger partial charge in [-0.2, -0.15) is 0 Å². The molecule has 0 fully saturated rings. The molecular weight excluding hydrogens is 214 g/mol. The molecule has 8 heteroatoms. The molecule has 1 atom stereocenters. The van der Waals surface area contributed by atoms with Gasteiger partial charge in [0.1, 0.15) is 12.7 Å². The van der Waals surface area contributed by atoms with Gasteiger partial charge >= 0.3 is 5.95 Å². The Morgan fingerprint density at radius 2 is 2.44 bits per heavy atom. The van der Waals surface area contributed by atoms with Crippen molar-refractivity contribution in [2.45, 2.75) is 6.10 Å². The first-order chi connectivity index (χ1) is 7.70. The summed E-state index contributed by atoms with van der Waals surface area (Å²) in [5.41, 5.74) is 6.49. The number of H-pyrrole nitrogens is 2. The Hall–Kier alpha value is -1.93. The van der Waals surface area contributed by atoms with Crippen LogP contribution in [0.5, 0.6) is 5.88 Å². The number of nitrogen functional groups attached to an aromatic ring is 1. The number of aromatic nitrogens is 4. The number of aliphatic hydroxyl groups excluding tert-OH is 2. The van der Waals surface area contributed by atoms with Gasteiger partial charge < -0.3 is 19.9 Å². The van der Waals surface area contributed by atoms with E-state index in [1.807, 2.05) is 0 Å². The van der Waals surface area contributed by atoms with Crippen LogP contribution in [0.25, 0.3) is 11.2 Å². The fourth-order valence-corrected chi connectivity index (χ4v) is 1.20. The third-order valence-corrected chi connectivity index (χ3v) is 1.95. The molecule has 0 bridgehead atoms. The lowest BCUT2D eigenvalue weighted by molar-refractivity contribution is -0.380. The highest BCUT2D eigenvalue weighted by atomic mass is 16.5. The lowest BCUT2D eigenvalue weighted by Crippen LogP contribution is -2.25. The highest BCUT2D eigenvalue weighted by Crippen LogP contribution is 2.15. The number of hydrogen-bond acceptors (Lipinski definition) is 6. The van der Waals surface area contributed by atoms with Crippen molar-refractivity contribution in [2.75, 3.05) is 18.9 Å². The average molecular weight is 226 g/mol. The fraction of sp³-hybridized carbons (Fsp3) is 0.375. The maximum atomic E-state index is 9.15. The molecule has 0 aliphatic rings. The number of ether oxygens (including phenoxy) is 1. The summed E-state index contributed by atoms with van der Waals surface area (Å²) >= 11 is 0. The van der Waals surface area contributed by atoms with Crippen LogP contribution in [0.3, 0.4) is 0 Å². The van der Waals surface area contributed by atoms with Gasteiger partial charge in [-0.3, -0.25) is 5.73 Å². The number of hydrogen-bond donors (Lipinski definition) is 4. The van der Waals surface area contributed by atoms with Gasteiger partial charge in [0.05, 0.1) is 12.9 Å². The van der Waals surface area contributed by atoms with Crippen molar-refractivity contribution < 1.29 is 19.9 Å². The summed E-state index contributed by atoms with van der Waals surface area (Å²) in [5, 5.41) is 17.8. The minimum absolute atomic E-state index is 0.0510. The van der Waals surface area contributed by atoms with E-state index in [2.05, 4.69) is 19.9 Å². The molecule has 16 heavy (non-hydrogen) atoms. The quantitative estimate of drug-likeness (QED) is 0.481. The summed E-state index contributed by atoms with van der Waals surface area (Å²) in [7, 11) is 0. The van der Waals surface area contributed by atoms with Crippen LogP contribution in [0.2, 0.25) is 0 Å². The predicted octanol–water partition coefficient (Wildman–Crippen LogP) is -1.91. The van der Waals surface area contributed by atoms with Crippen LogP contribution >= 0.6 is 0 Å². The van der Waals surface area contributed by atoms with Crippen LogP contribution in [0, 0.1) is 0 Å². The standard InChI is InChI=1S/C8H11N5O3/c9-8-12-6-5(10-3-11-6)7(13-8)16-2-4(15)1-14/h3-4,14-15H,1-2H2,(H3,9,10,11,12,13)/p+1. The van der Waals surface area contributed by atoms with Crippen LogP contribution in [-0.2, 0) is 0 Å². The molecule has 0 aromatic carbocycles. The van der Waals surface area contributed by atoms with Gasteiger partial charge in [-0.05, 0) is 4.98 Å². The Bertz CT molecular complexity index is 485. The second kappa shape index (κ2) is 4.29. The van der Waals surface area contributed by atoms with Crippen LogP contribution in [0.4, 0.5) is 5.95 Å². The lowest BCUT2D eigenvalue weighted by Gasteiger charge is -2.07. The van der Waals surface area contributed by atoms with Crippen LogP contribution in [0.1, 0.15) is 0 Å². The number of aromatic amines is 2. The van der Waals surface area contributed by atoms with Crippen LogP contribution < -0.4 is 15.5 Å². The van der Waals surface area contributed by atoms with E-state index in [0.29, 0.717) is 17.0 Å². The molecule has 1 unspecified atom stereocenters.